The number of hydrogen-bond acceptors (Lipinski definition) is 3. The number of hydrogen-bond donors (Lipinski definition) is 0. The average molecular weight is 917 g/mol. The van der Waals surface area contributed by atoms with Gasteiger partial charge in [-0.25, -0.2) is 15.0 Å². The van der Waals surface area contributed by atoms with Crippen LogP contribution in [-0.4, -0.2) is 19.5 Å². The van der Waals surface area contributed by atoms with Crippen LogP contribution in [0.1, 0.15) is 99.6 Å². The van der Waals surface area contributed by atoms with Crippen molar-refractivity contribution in [2.45, 2.75) is 87.9 Å². The maximum absolute atomic E-state index is 5.12. The smallest absolute Gasteiger partial charge is 0.164 e. The predicted octanol–water partition coefficient (Wildman–Crippen LogP) is 16.4. The van der Waals surface area contributed by atoms with Gasteiger partial charge in [-0.15, -0.1) is 0 Å². The molecule has 10 aromatic rings. The molecule has 0 N–H and O–H groups in total. The second-order valence-electron chi connectivity index (χ2n) is 23.2. The standard InChI is InChI=1S/C67H56N4/c1-64(2)56-29-25-46(33-53(56)54-35-48(26-30-57(54)64)71-59-21-13-11-19-50(59)51-20-12-14-22-60(51)71)66-36-41-31-42(37-66)39-67(38-41,40-66)47-24-27-49-52-32-45(23-28-55(52)65(3,4)58(49)34-47)63-69-61(43-15-7-5-8-16-43)68-62(70-63)44-17-9-6-10-18-44/h5-30,32-35,41-42H,31,36-40H2,1-4H3. The summed E-state index contributed by atoms with van der Waals surface area (Å²) in [6, 6.07) is 68.0. The summed E-state index contributed by atoms with van der Waals surface area (Å²) in [4.78, 5) is 15.2. The second-order valence-corrected chi connectivity index (χ2v) is 23.2. The summed E-state index contributed by atoms with van der Waals surface area (Å²) in [5.41, 5.74) is 21.2. The largest absolute Gasteiger partial charge is 0.309 e. The Morgan fingerprint density at radius 1 is 0.394 bits per heavy atom. The van der Waals surface area contributed by atoms with Crippen molar-refractivity contribution in [1.29, 1.82) is 0 Å². The summed E-state index contributed by atoms with van der Waals surface area (Å²) in [6.07, 6.45) is 7.83. The van der Waals surface area contributed by atoms with Crippen molar-refractivity contribution < 1.29 is 0 Å². The number of aromatic nitrogens is 4. The van der Waals surface area contributed by atoms with Gasteiger partial charge in [0, 0.05) is 44.0 Å². The van der Waals surface area contributed by atoms with Crippen LogP contribution in [0.25, 0.3) is 83.9 Å². The minimum Gasteiger partial charge on any atom is -0.309 e. The van der Waals surface area contributed by atoms with E-state index in [1.54, 1.807) is 11.1 Å². The van der Waals surface area contributed by atoms with Gasteiger partial charge < -0.3 is 4.57 Å². The van der Waals surface area contributed by atoms with Crippen LogP contribution in [0.2, 0.25) is 0 Å². The van der Waals surface area contributed by atoms with Crippen LogP contribution >= 0.6 is 0 Å². The molecule has 4 saturated carbocycles. The first-order chi connectivity index (χ1) is 34.6. The van der Waals surface area contributed by atoms with Gasteiger partial charge in [0.15, 0.2) is 17.5 Å². The fourth-order valence-electron chi connectivity index (χ4n) is 15.5. The van der Waals surface area contributed by atoms with Crippen LogP contribution in [0.3, 0.4) is 0 Å². The van der Waals surface area contributed by atoms with E-state index in [1.165, 1.54) is 111 Å². The van der Waals surface area contributed by atoms with Crippen molar-refractivity contribution in [2.24, 2.45) is 11.8 Å². The number of benzene rings is 8. The van der Waals surface area contributed by atoms with Crippen molar-refractivity contribution >= 4 is 21.8 Å². The summed E-state index contributed by atoms with van der Waals surface area (Å²) < 4.78 is 2.48. The lowest BCUT2D eigenvalue weighted by Crippen LogP contribution is -2.56. The molecule has 4 fully saturated rings. The van der Waals surface area contributed by atoms with Crippen LogP contribution in [0.15, 0.2) is 182 Å². The molecule has 0 amide bonds. The minimum atomic E-state index is -0.138. The third-order valence-corrected chi connectivity index (χ3v) is 18.4. The highest BCUT2D eigenvalue weighted by molar-refractivity contribution is 6.09. The molecule has 6 aliphatic carbocycles. The topological polar surface area (TPSA) is 43.6 Å². The van der Waals surface area contributed by atoms with E-state index in [0.29, 0.717) is 17.5 Å². The fourth-order valence-corrected chi connectivity index (χ4v) is 15.5. The normalized spacial score (nSPS) is 22.6. The van der Waals surface area contributed by atoms with E-state index in [4.69, 9.17) is 15.0 Å². The zero-order valence-electron chi connectivity index (χ0n) is 41.0. The van der Waals surface area contributed by atoms with Gasteiger partial charge >= 0.3 is 0 Å². The van der Waals surface area contributed by atoms with Gasteiger partial charge in [-0.2, -0.15) is 0 Å². The van der Waals surface area contributed by atoms with Crippen molar-refractivity contribution in [3.63, 3.8) is 0 Å². The SMILES string of the molecule is CC1(C)c2ccc(-n3c4ccccc4c4ccccc43)cc2-c2cc(C34CC5CC(C3)CC(c3ccc6c(c3)C(C)(C)c3ccc(-c7nc(-c8ccccc8)nc(-c8ccccc8)n7)cc3-6)(C5)C4)ccc21. The molecule has 2 heterocycles. The first-order valence-corrected chi connectivity index (χ1v) is 26.0. The highest BCUT2D eigenvalue weighted by Gasteiger charge is 2.59. The molecular formula is C67H56N4. The molecule has 8 aromatic carbocycles. The quantitative estimate of drug-likeness (QED) is 0.167. The summed E-state index contributed by atoms with van der Waals surface area (Å²) in [6.45, 7) is 9.73. The molecule has 2 unspecified atom stereocenters. The molecule has 0 aliphatic heterocycles. The number of nitrogens with zero attached hydrogens (tertiary/aromatic N) is 4. The second kappa shape index (κ2) is 14.6. The Balaban J connectivity index is 0.800. The lowest BCUT2D eigenvalue weighted by Gasteiger charge is -2.63. The molecule has 16 rings (SSSR count). The molecule has 2 atom stereocenters. The maximum atomic E-state index is 5.12. The molecular weight excluding hydrogens is 861 g/mol. The molecule has 71 heavy (non-hydrogen) atoms. The Labute approximate surface area is 416 Å². The van der Waals surface area contributed by atoms with Crippen LogP contribution in [0, 0.1) is 11.8 Å². The van der Waals surface area contributed by atoms with Crippen LogP contribution in [-0.2, 0) is 21.7 Å². The van der Waals surface area contributed by atoms with E-state index in [-0.39, 0.29) is 21.7 Å². The first kappa shape index (κ1) is 41.4. The number of rotatable bonds is 6. The minimum absolute atomic E-state index is 0.0671. The van der Waals surface area contributed by atoms with Gasteiger partial charge in [-0.3, -0.25) is 0 Å². The average Bonchev–Trinajstić information content (AvgIpc) is 3.95. The van der Waals surface area contributed by atoms with E-state index < -0.39 is 0 Å². The van der Waals surface area contributed by atoms with Gasteiger partial charge in [0.25, 0.3) is 0 Å². The Morgan fingerprint density at radius 3 is 1.46 bits per heavy atom. The maximum Gasteiger partial charge on any atom is 0.164 e. The van der Waals surface area contributed by atoms with Gasteiger partial charge in [0.05, 0.1) is 11.0 Å². The van der Waals surface area contributed by atoms with Crippen molar-refractivity contribution in [3.8, 4) is 62.1 Å². The van der Waals surface area contributed by atoms with Crippen molar-refractivity contribution in [1.82, 2.24) is 19.5 Å². The van der Waals surface area contributed by atoms with Gasteiger partial charge in [-0.05, 0) is 147 Å². The summed E-state index contributed by atoms with van der Waals surface area (Å²) >= 11 is 0. The zero-order valence-corrected chi connectivity index (χ0v) is 41.0. The van der Waals surface area contributed by atoms with Crippen LogP contribution in [0.4, 0.5) is 0 Å². The van der Waals surface area contributed by atoms with E-state index in [1.807, 2.05) is 36.4 Å². The zero-order chi connectivity index (χ0) is 47.4. The van der Waals surface area contributed by atoms with E-state index >= 15 is 0 Å². The molecule has 0 radical (unpaired) electrons. The Hall–Kier alpha value is -7.43. The third-order valence-electron chi connectivity index (χ3n) is 18.4. The van der Waals surface area contributed by atoms with Gasteiger partial charge in [-0.1, -0.05) is 179 Å². The molecule has 4 bridgehead atoms. The lowest BCUT2D eigenvalue weighted by atomic mass is 9.41. The first-order valence-electron chi connectivity index (χ1n) is 26.0. The van der Waals surface area contributed by atoms with Crippen LogP contribution in [0.5, 0.6) is 0 Å². The molecule has 6 aliphatic rings. The molecule has 344 valence electrons. The predicted molar refractivity (Wildman–Crippen MR) is 290 cm³/mol. The van der Waals surface area contributed by atoms with E-state index in [0.717, 1.165) is 28.5 Å². The van der Waals surface area contributed by atoms with E-state index in [9.17, 15) is 0 Å². The van der Waals surface area contributed by atoms with E-state index in [2.05, 4.69) is 178 Å². The Morgan fingerprint density at radius 2 is 0.859 bits per heavy atom. The Kier molecular flexibility index (Phi) is 8.49. The molecule has 0 saturated heterocycles. The van der Waals surface area contributed by atoms with Gasteiger partial charge in [0.1, 0.15) is 0 Å². The highest BCUT2D eigenvalue weighted by atomic mass is 15.0. The number of para-hydroxylation sites is 2. The Bertz CT molecular complexity index is 3730. The third kappa shape index (κ3) is 5.94. The van der Waals surface area contributed by atoms with Crippen molar-refractivity contribution in [2.75, 3.05) is 0 Å². The summed E-state index contributed by atoms with van der Waals surface area (Å²) in [7, 11) is 0. The van der Waals surface area contributed by atoms with Gasteiger partial charge in [0.2, 0.25) is 0 Å². The number of fused-ring (bicyclic) bond motifs is 9. The molecule has 4 heteroatoms. The molecule has 2 aromatic heterocycles. The molecule has 0 spiro atoms. The van der Waals surface area contributed by atoms with Crippen molar-refractivity contribution in [3.05, 3.63) is 215 Å². The molecule has 4 nitrogen and oxygen atoms in total. The van der Waals surface area contributed by atoms with Crippen LogP contribution < -0.4 is 0 Å². The monoisotopic (exact) mass is 916 g/mol. The highest BCUT2D eigenvalue weighted by Crippen LogP contribution is 2.67. The summed E-state index contributed by atoms with van der Waals surface area (Å²) in [5.74, 6) is 3.57. The fraction of sp³-hybridized carbons (Fsp3) is 0.239. The summed E-state index contributed by atoms with van der Waals surface area (Å²) in [5, 5.41) is 2.61. The lowest BCUT2D eigenvalue weighted by molar-refractivity contribution is -0.0281.